The summed E-state index contributed by atoms with van der Waals surface area (Å²) in [5, 5.41) is 18.9. The van der Waals surface area contributed by atoms with E-state index in [0.29, 0.717) is 24.5 Å². The SMILES string of the molecule is O=C(CCCO)N1CCC[C@H]2c3cccc(O)c3CC[C@@H]21. The number of nitrogens with zero attached hydrogens (tertiary/aromatic N) is 1. The Kier molecular flexibility index (Phi) is 4.15. The number of phenols is 1. The second-order valence-corrected chi connectivity index (χ2v) is 6.11. The summed E-state index contributed by atoms with van der Waals surface area (Å²) in [5.41, 5.74) is 2.30. The molecule has 4 heteroatoms. The lowest BCUT2D eigenvalue weighted by atomic mass is 9.74. The number of phenolic OH excluding ortho intramolecular Hbond substituents is 1. The predicted molar refractivity (Wildman–Crippen MR) is 80.2 cm³/mol. The average Bonchev–Trinajstić information content (AvgIpc) is 2.52. The molecule has 1 fully saturated rings. The molecule has 1 aromatic carbocycles. The molecule has 3 rings (SSSR count). The van der Waals surface area contributed by atoms with Crippen LogP contribution in [0.25, 0.3) is 0 Å². The van der Waals surface area contributed by atoms with Crippen molar-refractivity contribution >= 4 is 5.91 Å². The van der Waals surface area contributed by atoms with Crippen molar-refractivity contribution in [3.63, 3.8) is 0 Å². The quantitative estimate of drug-likeness (QED) is 0.896. The number of amides is 1. The summed E-state index contributed by atoms with van der Waals surface area (Å²) in [5.74, 6) is 0.921. The molecule has 0 unspecified atom stereocenters. The number of likely N-dealkylation sites (tertiary alicyclic amines) is 1. The number of hydrogen-bond donors (Lipinski definition) is 2. The number of carbonyl (C=O) groups is 1. The molecule has 2 atom stereocenters. The van der Waals surface area contributed by atoms with Crippen molar-refractivity contribution < 1.29 is 15.0 Å². The number of aliphatic hydroxyl groups excluding tert-OH is 1. The number of hydrogen-bond acceptors (Lipinski definition) is 3. The van der Waals surface area contributed by atoms with Gasteiger partial charge in [-0.25, -0.2) is 0 Å². The lowest BCUT2D eigenvalue weighted by Crippen LogP contribution is -2.49. The number of aromatic hydroxyl groups is 1. The van der Waals surface area contributed by atoms with Crippen molar-refractivity contribution in [2.45, 2.75) is 50.5 Å². The average molecular weight is 289 g/mol. The fraction of sp³-hybridized carbons (Fsp3) is 0.588. The summed E-state index contributed by atoms with van der Waals surface area (Å²) >= 11 is 0. The topological polar surface area (TPSA) is 60.8 Å². The van der Waals surface area contributed by atoms with Crippen molar-refractivity contribution in [1.29, 1.82) is 0 Å². The third-order valence-electron chi connectivity index (χ3n) is 4.93. The Bertz CT molecular complexity index is 529. The maximum absolute atomic E-state index is 12.4. The Labute approximate surface area is 125 Å². The van der Waals surface area contributed by atoms with Gasteiger partial charge in [0.05, 0.1) is 0 Å². The minimum atomic E-state index is 0.0738. The van der Waals surface area contributed by atoms with E-state index >= 15 is 0 Å². The van der Waals surface area contributed by atoms with Crippen LogP contribution in [-0.2, 0) is 11.2 Å². The first-order valence-corrected chi connectivity index (χ1v) is 7.93. The van der Waals surface area contributed by atoms with Gasteiger partial charge in [-0.15, -0.1) is 0 Å². The van der Waals surface area contributed by atoms with E-state index < -0.39 is 0 Å². The summed E-state index contributed by atoms with van der Waals surface area (Å²) in [4.78, 5) is 14.4. The van der Waals surface area contributed by atoms with E-state index in [1.165, 1.54) is 5.56 Å². The van der Waals surface area contributed by atoms with Crippen molar-refractivity contribution in [3.05, 3.63) is 29.3 Å². The highest BCUT2D eigenvalue weighted by Gasteiger charge is 2.38. The Hall–Kier alpha value is -1.55. The molecule has 0 saturated carbocycles. The number of aliphatic hydroxyl groups is 1. The fourth-order valence-electron chi connectivity index (χ4n) is 3.96. The summed E-state index contributed by atoms with van der Waals surface area (Å²) < 4.78 is 0. The van der Waals surface area contributed by atoms with Crippen LogP contribution in [0.5, 0.6) is 5.75 Å². The monoisotopic (exact) mass is 289 g/mol. The Morgan fingerprint density at radius 2 is 2.19 bits per heavy atom. The molecule has 1 aromatic rings. The molecule has 114 valence electrons. The lowest BCUT2D eigenvalue weighted by Gasteiger charge is -2.45. The standard InChI is InChI=1S/C17H23NO3/c19-11-3-7-17(21)18-10-2-5-13-12-4-1-6-16(20)14(12)8-9-15(13)18/h1,4,6,13,15,19-20H,2-3,5,7-11H2/t13-,15-/m0/s1. The summed E-state index contributed by atoms with van der Waals surface area (Å²) in [7, 11) is 0. The van der Waals surface area contributed by atoms with E-state index in [9.17, 15) is 9.90 Å². The van der Waals surface area contributed by atoms with Crippen LogP contribution >= 0.6 is 0 Å². The lowest BCUT2D eigenvalue weighted by molar-refractivity contribution is -0.136. The largest absolute Gasteiger partial charge is 0.508 e. The Morgan fingerprint density at radius 3 is 3.00 bits per heavy atom. The van der Waals surface area contributed by atoms with E-state index in [2.05, 4.69) is 6.07 Å². The number of piperidine rings is 1. The van der Waals surface area contributed by atoms with Crippen LogP contribution in [0.4, 0.5) is 0 Å². The molecule has 2 N–H and O–H groups in total. The van der Waals surface area contributed by atoms with Crippen molar-refractivity contribution in [3.8, 4) is 5.75 Å². The molecule has 0 radical (unpaired) electrons. The van der Waals surface area contributed by atoms with Gasteiger partial charge in [-0.05, 0) is 49.3 Å². The zero-order valence-corrected chi connectivity index (χ0v) is 12.3. The van der Waals surface area contributed by atoms with Gasteiger partial charge in [0.1, 0.15) is 5.75 Å². The Balaban J connectivity index is 1.83. The van der Waals surface area contributed by atoms with Crippen LogP contribution in [0.1, 0.15) is 49.1 Å². The van der Waals surface area contributed by atoms with Gasteiger partial charge in [0.25, 0.3) is 0 Å². The van der Waals surface area contributed by atoms with Crippen LogP contribution in [-0.4, -0.2) is 40.2 Å². The van der Waals surface area contributed by atoms with Gasteiger partial charge in [-0.1, -0.05) is 12.1 Å². The molecular weight excluding hydrogens is 266 g/mol. The highest BCUT2D eigenvalue weighted by Crippen LogP contribution is 2.43. The van der Waals surface area contributed by atoms with Crippen LogP contribution in [0.15, 0.2) is 18.2 Å². The number of fused-ring (bicyclic) bond motifs is 3. The van der Waals surface area contributed by atoms with Gasteiger partial charge in [0.2, 0.25) is 5.91 Å². The maximum atomic E-state index is 12.4. The first-order chi connectivity index (χ1) is 10.2. The zero-order valence-electron chi connectivity index (χ0n) is 12.3. The second-order valence-electron chi connectivity index (χ2n) is 6.11. The summed E-state index contributed by atoms with van der Waals surface area (Å²) in [6.45, 7) is 0.907. The van der Waals surface area contributed by atoms with Gasteiger partial charge in [-0.2, -0.15) is 0 Å². The molecule has 4 nitrogen and oxygen atoms in total. The first-order valence-electron chi connectivity index (χ1n) is 7.93. The number of rotatable bonds is 3. The minimum absolute atomic E-state index is 0.0738. The van der Waals surface area contributed by atoms with E-state index in [-0.39, 0.29) is 18.6 Å². The van der Waals surface area contributed by atoms with Gasteiger partial charge in [0.15, 0.2) is 0 Å². The van der Waals surface area contributed by atoms with Crippen LogP contribution < -0.4 is 0 Å². The summed E-state index contributed by atoms with van der Waals surface area (Å²) in [6.07, 6.45) is 4.86. The van der Waals surface area contributed by atoms with Crippen molar-refractivity contribution in [2.75, 3.05) is 13.2 Å². The van der Waals surface area contributed by atoms with E-state index in [4.69, 9.17) is 5.11 Å². The van der Waals surface area contributed by atoms with Gasteiger partial charge >= 0.3 is 0 Å². The molecular formula is C17H23NO3. The highest BCUT2D eigenvalue weighted by atomic mass is 16.3. The van der Waals surface area contributed by atoms with E-state index in [1.54, 1.807) is 6.07 Å². The first kappa shape index (κ1) is 14.4. The maximum Gasteiger partial charge on any atom is 0.222 e. The molecule has 1 aliphatic heterocycles. The van der Waals surface area contributed by atoms with Gasteiger partial charge < -0.3 is 15.1 Å². The molecule has 1 heterocycles. The molecule has 21 heavy (non-hydrogen) atoms. The molecule has 0 bridgehead atoms. The summed E-state index contributed by atoms with van der Waals surface area (Å²) in [6, 6.07) is 6.03. The van der Waals surface area contributed by atoms with Gasteiger partial charge in [-0.3, -0.25) is 4.79 Å². The van der Waals surface area contributed by atoms with Crippen LogP contribution in [0.3, 0.4) is 0 Å². The third-order valence-corrected chi connectivity index (χ3v) is 4.93. The van der Waals surface area contributed by atoms with Crippen molar-refractivity contribution in [2.24, 2.45) is 0 Å². The minimum Gasteiger partial charge on any atom is -0.508 e. The molecule has 1 amide bonds. The number of carbonyl (C=O) groups excluding carboxylic acids is 1. The van der Waals surface area contributed by atoms with Crippen LogP contribution in [0, 0.1) is 0 Å². The Morgan fingerprint density at radius 1 is 1.33 bits per heavy atom. The molecule has 1 saturated heterocycles. The second kappa shape index (κ2) is 6.06. The van der Waals surface area contributed by atoms with Gasteiger partial charge in [0, 0.05) is 31.5 Å². The zero-order chi connectivity index (χ0) is 14.8. The number of benzene rings is 1. The van der Waals surface area contributed by atoms with E-state index in [0.717, 1.165) is 37.8 Å². The molecule has 1 aliphatic carbocycles. The fourth-order valence-corrected chi connectivity index (χ4v) is 3.96. The van der Waals surface area contributed by atoms with E-state index in [1.807, 2.05) is 11.0 Å². The van der Waals surface area contributed by atoms with Crippen LogP contribution in [0.2, 0.25) is 0 Å². The normalized spacial score (nSPS) is 24.3. The smallest absolute Gasteiger partial charge is 0.222 e. The van der Waals surface area contributed by atoms with Crippen molar-refractivity contribution in [1.82, 2.24) is 4.90 Å². The molecule has 0 spiro atoms. The molecule has 2 aliphatic rings. The highest BCUT2D eigenvalue weighted by molar-refractivity contribution is 5.77. The molecule has 0 aromatic heterocycles. The predicted octanol–water partition coefficient (Wildman–Crippen LogP) is 2.19. The third kappa shape index (κ3) is 2.64.